The number of carbonyl (C=O) groups excluding carboxylic acids is 1. The van der Waals surface area contributed by atoms with Gasteiger partial charge in [-0.15, -0.1) is 0 Å². The van der Waals surface area contributed by atoms with Crippen LogP contribution < -0.4 is 10.6 Å². The van der Waals surface area contributed by atoms with Crippen molar-refractivity contribution in [2.45, 2.75) is 45.3 Å². The Bertz CT molecular complexity index is 1160. The van der Waals surface area contributed by atoms with Crippen molar-refractivity contribution in [3.63, 3.8) is 0 Å². The van der Waals surface area contributed by atoms with Crippen LogP contribution in [0.4, 0.5) is 10.5 Å². The second-order valence-electron chi connectivity index (χ2n) is 9.35. The first-order valence-electron chi connectivity index (χ1n) is 11.2. The molecule has 0 spiro atoms. The quantitative estimate of drug-likeness (QED) is 0.215. The molecule has 0 saturated carbocycles. The van der Waals surface area contributed by atoms with E-state index in [1.54, 1.807) is 4.68 Å². The molecule has 0 aliphatic heterocycles. The molecule has 0 unspecified atom stereocenters. The molecular formula is C24H31BrN4O4Si. The second kappa shape index (κ2) is 11.6. The zero-order valence-electron chi connectivity index (χ0n) is 19.7. The van der Waals surface area contributed by atoms with Crippen molar-refractivity contribution in [3.8, 4) is 0 Å². The minimum absolute atomic E-state index is 0.287. The van der Waals surface area contributed by atoms with E-state index >= 15 is 0 Å². The molecule has 3 aromatic rings. The van der Waals surface area contributed by atoms with Gasteiger partial charge in [0.15, 0.2) is 5.69 Å². The van der Waals surface area contributed by atoms with E-state index in [4.69, 9.17) is 9.84 Å². The Hall–Kier alpha value is -2.69. The van der Waals surface area contributed by atoms with Crippen LogP contribution >= 0.6 is 15.9 Å². The number of fused-ring (bicyclic) bond motifs is 1. The molecule has 2 amide bonds. The second-order valence-corrected chi connectivity index (χ2v) is 15.9. The number of halogens is 1. The Balaban J connectivity index is 1.72. The summed E-state index contributed by atoms with van der Waals surface area (Å²) in [4.78, 5) is 23.7. The van der Waals surface area contributed by atoms with Gasteiger partial charge in [-0.1, -0.05) is 47.7 Å². The van der Waals surface area contributed by atoms with E-state index in [-0.39, 0.29) is 12.6 Å². The Kier molecular flexibility index (Phi) is 8.87. The van der Waals surface area contributed by atoms with Gasteiger partial charge in [-0.2, -0.15) is 5.10 Å². The first-order chi connectivity index (χ1) is 16.1. The summed E-state index contributed by atoms with van der Waals surface area (Å²) in [6.07, 6.45) is 0.342. The summed E-state index contributed by atoms with van der Waals surface area (Å²) in [5.74, 6) is -0.298. The lowest BCUT2D eigenvalue weighted by Gasteiger charge is -2.15. The van der Waals surface area contributed by atoms with Crippen molar-refractivity contribution in [2.75, 3.05) is 18.5 Å². The molecule has 8 nitrogen and oxygen atoms in total. The lowest BCUT2D eigenvalue weighted by molar-refractivity contribution is 0.0809. The predicted molar refractivity (Wildman–Crippen MR) is 140 cm³/mol. The third-order valence-electron chi connectivity index (χ3n) is 5.24. The molecule has 1 aromatic heterocycles. The number of hydrogen-bond donors (Lipinski definition) is 3. The molecule has 3 rings (SSSR count). The normalized spacial score (nSPS) is 11.5. The zero-order valence-corrected chi connectivity index (χ0v) is 22.3. The van der Waals surface area contributed by atoms with Crippen LogP contribution in [0.1, 0.15) is 22.5 Å². The molecule has 10 heteroatoms. The molecule has 0 aliphatic rings. The highest BCUT2D eigenvalue weighted by molar-refractivity contribution is 9.10. The Morgan fingerprint density at radius 1 is 1.18 bits per heavy atom. The number of amides is 2. The fourth-order valence-corrected chi connectivity index (χ4v) is 4.55. The lowest BCUT2D eigenvalue weighted by atomic mass is 10.1. The minimum Gasteiger partial charge on any atom is -0.465 e. The van der Waals surface area contributed by atoms with E-state index in [1.807, 2.05) is 42.5 Å². The number of aryl methyl sites for hydroxylation is 1. The highest BCUT2D eigenvalue weighted by atomic mass is 79.9. The van der Waals surface area contributed by atoms with Crippen molar-refractivity contribution in [3.05, 3.63) is 58.2 Å². The van der Waals surface area contributed by atoms with Crippen LogP contribution in [0.5, 0.6) is 0 Å². The number of aromatic nitrogens is 2. The van der Waals surface area contributed by atoms with E-state index < -0.39 is 14.2 Å². The largest absolute Gasteiger partial charge is 0.465 e. The van der Waals surface area contributed by atoms with Crippen LogP contribution in [0.3, 0.4) is 0 Å². The molecule has 182 valence electrons. The number of nitrogens with one attached hydrogen (secondary N) is 2. The third kappa shape index (κ3) is 7.68. The molecule has 34 heavy (non-hydrogen) atoms. The molecule has 0 radical (unpaired) electrons. The minimum atomic E-state index is -1.19. The van der Waals surface area contributed by atoms with Gasteiger partial charge in [0.25, 0.3) is 5.91 Å². The first-order valence-corrected chi connectivity index (χ1v) is 15.7. The molecule has 0 bridgehead atoms. The molecule has 0 saturated heterocycles. The summed E-state index contributed by atoms with van der Waals surface area (Å²) < 4.78 is 8.47. The summed E-state index contributed by atoms with van der Waals surface area (Å²) in [5, 5.41) is 19.3. The summed E-state index contributed by atoms with van der Waals surface area (Å²) in [6.45, 7) is 8.26. The van der Waals surface area contributed by atoms with Gasteiger partial charge in [0.05, 0.1) is 5.52 Å². The average Bonchev–Trinajstić information content (AvgIpc) is 3.11. The van der Waals surface area contributed by atoms with Gasteiger partial charge in [0, 0.05) is 36.8 Å². The van der Waals surface area contributed by atoms with Crippen molar-refractivity contribution in [1.82, 2.24) is 15.1 Å². The van der Waals surface area contributed by atoms with Crippen LogP contribution in [-0.4, -0.2) is 48.1 Å². The van der Waals surface area contributed by atoms with Crippen molar-refractivity contribution in [1.29, 1.82) is 0 Å². The van der Waals surface area contributed by atoms with Crippen LogP contribution in [0.25, 0.3) is 10.9 Å². The van der Waals surface area contributed by atoms with Crippen molar-refractivity contribution < 1.29 is 19.4 Å². The Morgan fingerprint density at radius 3 is 2.71 bits per heavy atom. The molecule has 0 atom stereocenters. The highest BCUT2D eigenvalue weighted by Crippen LogP contribution is 2.24. The SMILES string of the molecule is C[Si](C)(C)CCOCn1nc(C(=O)Nc2cccc(CCCNC(=O)O)c2)c2cc(Br)ccc21. The number of carboxylic acid groups (broad SMARTS) is 1. The van der Waals surface area contributed by atoms with E-state index in [1.165, 1.54) is 0 Å². The summed E-state index contributed by atoms with van der Waals surface area (Å²) >= 11 is 3.49. The maximum Gasteiger partial charge on any atom is 0.404 e. The van der Waals surface area contributed by atoms with E-state index in [9.17, 15) is 9.59 Å². The Labute approximate surface area is 208 Å². The monoisotopic (exact) mass is 546 g/mol. The first kappa shape index (κ1) is 25.9. The number of rotatable bonds is 11. The van der Waals surface area contributed by atoms with Gasteiger partial charge >= 0.3 is 6.09 Å². The number of hydrogen-bond acceptors (Lipinski definition) is 4. The van der Waals surface area contributed by atoms with E-state index in [0.29, 0.717) is 37.4 Å². The number of anilines is 1. The lowest BCUT2D eigenvalue weighted by Crippen LogP contribution is -2.22. The average molecular weight is 548 g/mol. The fourth-order valence-electron chi connectivity index (χ4n) is 3.43. The third-order valence-corrected chi connectivity index (χ3v) is 7.44. The molecule has 1 heterocycles. The summed E-state index contributed by atoms with van der Waals surface area (Å²) in [7, 11) is -1.19. The molecule has 0 fully saturated rings. The topological polar surface area (TPSA) is 105 Å². The number of ether oxygens (including phenoxy) is 1. The molecule has 0 aliphatic carbocycles. The van der Waals surface area contributed by atoms with Gasteiger partial charge in [-0.05, 0) is 54.8 Å². The van der Waals surface area contributed by atoms with E-state index in [0.717, 1.165) is 27.0 Å². The highest BCUT2D eigenvalue weighted by Gasteiger charge is 2.19. The van der Waals surface area contributed by atoms with Gasteiger partial charge in [-0.25, -0.2) is 9.48 Å². The molecule has 2 aromatic carbocycles. The van der Waals surface area contributed by atoms with Crippen LogP contribution in [-0.2, 0) is 17.9 Å². The molecule has 3 N–H and O–H groups in total. The van der Waals surface area contributed by atoms with Crippen LogP contribution in [0.2, 0.25) is 25.7 Å². The predicted octanol–water partition coefficient (Wildman–Crippen LogP) is 5.56. The standard InChI is InChI=1S/C24H31BrN4O4Si/c1-34(2,3)13-12-33-16-29-21-10-9-18(25)15-20(21)22(28-29)23(30)27-19-8-4-6-17(14-19)7-5-11-26-24(31)32/h4,6,8-10,14-15,26H,5,7,11-13,16H2,1-3H3,(H,27,30)(H,31,32). The maximum atomic E-state index is 13.1. The van der Waals surface area contributed by atoms with Gasteiger partial charge in [0.1, 0.15) is 6.73 Å². The Morgan fingerprint density at radius 2 is 1.97 bits per heavy atom. The number of benzene rings is 2. The smallest absolute Gasteiger partial charge is 0.404 e. The van der Waals surface area contributed by atoms with Crippen molar-refractivity contribution >= 4 is 52.6 Å². The summed E-state index contributed by atoms with van der Waals surface area (Å²) in [5.41, 5.74) is 2.85. The van der Waals surface area contributed by atoms with Crippen LogP contribution in [0.15, 0.2) is 46.9 Å². The van der Waals surface area contributed by atoms with Gasteiger partial charge in [-0.3, -0.25) is 4.79 Å². The fraction of sp³-hybridized carbons (Fsp3) is 0.375. The van der Waals surface area contributed by atoms with Gasteiger partial charge in [0.2, 0.25) is 0 Å². The number of carbonyl (C=O) groups is 2. The zero-order chi connectivity index (χ0) is 24.7. The molecular weight excluding hydrogens is 516 g/mol. The number of nitrogens with zero attached hydrogens (tertiary/aromatic N) is 2. The maximum absolute atomic E-state index is 13.1. The van der Waals surface area contributed by atoms with Crippen molar-refractivity contribution in [2.24, 2.45) is 0 Å². The summed E-state index contributed by atoms with van der Waals surface area (Å²) in [6, 6.07) is 14.3. The van der Waals surface area contributed by atoms with Gasteiger partial charge < -0.3 is 20.5 Å². The van der Waals surface area contributed by atoms with Crippen LogP contribution in [0, 0.1) is 0 Å². The van der Waals surface area contributed by atoms with E-state index in [2.05, 4.69) is 51.3 Å².